The Bertz CT molecular complexity index is 733. The first-order valence-corrected chi connectivity index (χ1v) is 9.99. The van der Waals surface area contributed by atoms with Crippen LogP contribution < -0.4 is 0 Å². The van der Waals surface area contributed by atoms with Crippen LogP contribution in [0.5, 0.6) is 11.5 Å². The number of benzene rings is 2. The second-order valence-corrected chi connectivity index (χ2v) is 6.52. The molecule has 0 radical (unpaired) electrons. The molecule has 0 aromatic heterocycles. The fourth-order valence-corrected chi connectivity index (χ4v) is 1.59. The normalized spacial score (nSPS) is 9.86. The average Bonchev–Trinajstić information content (AvgIpc) is 2.66. The molecule has 0 bridgehead atoms. The summed E-state index contributed by atoms with van der Waals surface area (Å²) < 4.78 is 9.35. The molecule has 0 spiro atoms. The van der Waals surface area contributed by atoms with Gasteiger partial charge in [-0.15, -0.1) is 0 Å². The van der Waals surface area contributed by atoms with Crippen molar-refractivity contribution in [1.29, 1.82) is 0 Å². The number of rotatable bonds is 4. The Hall–Kier alpha value is -2.96. The van der Waals surface area contributed by atoms with Gasteiger partial charge in [-0.1, -0.05) is 6.92 Å². The molecule has 2 rings (SSSR count). The fourth-order valence-electron chi connectivity index (χ4n) is 1.59. The Labute approximate surface area is 168 Å². The molecule has 2 aromatic carbocycles. The maximum atomic E-state index is 11.2. The number of methoxy groups -OCH3 is 1. The molecule has 0 atom stereocenters. The second-order valence-electron chi connectivity index (χ2n) is 5.32. The molecule has 29 heavy (non-hydrogen) atoms. The molecule has 6 N–H and O–H groups in total. The van der Waals surface area contributed by atoms with Crippen LogP contribution in [0.1, 0.15) is 34.1 Å². The Morgan fingerprint density at radius 2 is 1.14 bits per heavy atom. The topological polar surface area (TPSA) is 174 Å². The van der Waals surface area contributed by atoms with Crippen molar-refractivity contribution in [1.82, 2.24) is 0 Å². The lowest BCUT2D eigenvalue weighted by Crippen LogP contribution is -2.33. The average molecular weight is 428 g/mol. The maximum absolute atomic E-state index is 11.2. The van der Waals surface area contributed by atoms with E-state index < -0.39 is 15.0 Å². The number of hydrogen-bond donors (Lipinski definition) is 6. The Morgan fingerprint density at radius 1 is 0.793 bits per heavy atom. The van der Waals surface area contributed by atoms with E-state index in [1.54, 1.807) is 0 Å². The maximum Gasteiger partial charge on any atom is 0.668 e. The highest BCUT2D eigenvalue weighted by atomic mass is 28.4. The van der Waals surface area contributed by atoms with Gasteiger partial charge in [0.1, 0.15) is 11.5 Å². The van der Waals surface area contributed by atoms with Crippen molar-refractivity contribution in [3.05, 3.63) is 59.7 Å². The van der Waals surface area contributed by atoms with Gasteiger partial charge < -0.3 is 38.9 Å². The quantitative estimate of drug-likeness (QED) is 0.298. The molecule has 0 heterocycles. The standard InChI is InChI=1S/C10H12O3.C8H8O3.H4O4Si/c1-2-7-13-10(12)8-3-5-9(11)6-4-8;1-11-8(10)6-2-4-7(9)5-3-6;1-5(2,3)4/h3-6,11H,2,7H2,1H3;2-5,9H,1H3;1-4H. The minimum Gasteiger partial charge on any atom is -0.508 e. The van der Waals surface area contributed by atoms with Gasteiger partial charge in [-0.3, -0.25) is 0 Å². The van der Waals surface area contributed by atoms with Crippen LogP contribution in [0.2, 0.25) is 0 Å². The monoisotopic (exact) mass is 428 g/mol. The summed E-state index contributed by atoms with van der Waals surface area (Å²) in [4.78, 5) is 51.3. The van der Waals surface area contributed by atoms with Crippen LogP contribution in [0.25, 0.3) is 0 Å². The van der Waals surface area contributed by atoms with E-state index in [1.165, 1.54) is 55.6 Å². The Morgan fingerprint density at radius 3 is 1.45 bits per heavy atom. The van der Waals surface area contributed by atoms with Gasteiger partial charge in [0, 0.05) is 0 Å². The molecule has 0 aliphatic heterocycles. The molecule has 0 aliphatic rings. The van der Waals surface area contributed by atoms with E-state index in [9.17, 15) is 9.59 Å². The van der Waals surface area contributed by atoms with Gasteiger partial charge in [-0.2, -0.15) is 0 Å². The minimum absolute atomic E-state index is 0.137. The van der Waals surface area contributed by atoms with E-state index in [0.717, 1.165) is 6.42 Å². The summed E-state index contributed by atoms with van der Waals surface area (Å²) in [5.74, 6) is -0.462. The molecule has 10 nitrogen and oxygen atoms in total. The zero-order valence-corrected chi connectivity index (χ0v) is 16.8. The van der Waals surface area contributed by atoms with Crippen molar-refractivity contribution in [2.75, 3.05) is 13.7 Å². The third-order valence-electron chi connectivity index (χ3n) is 2.83. The lowest BCUT2D eigenvalue weighted by Gasteiger charge is -2.02. The summed E-state index contributed by atoms with van der Waals surface area (Å²) in [5, 5.41) is 17.8. The first-order chi connectivity index (χ1) is 13.5. The number of hydrogen-bond acceptors (Lipinski definition) is 10. The van der Waals surface area contributed by atoms with Crippen LogP contribution in [0.3, 0.4) is 0 Å². The minimum atomic E-state index is -4.61. The van der Waals surface area contributed by atoms with E-state index >= 15 is 0 Å². The predicted octanol–water partition coefficient (Wildman–Crippen LogP) is 0.529. The molecule has 160 valence electrons. The Balaban J connectivity index is 0.000000445. The summed E-state index contributed by atoms with van der Waals surface area (Å²) in [5.41, 5.74) is 0.900. The summed E-state index contributed by atoms with van der Waals surface area (Å²) in [6, 6.07) is 11.9. The third kappa shape index (κ3) is 13.8. The first-order valence-electron chi connectivity index (χ1n) is 8.20. The van der Waals surface area contributed by atoms with Crippen molar-refractivity contribution in [3.8, 4) is 11.5 Å². The van der Waals surface area contributed by atoms with Gasteiger partial charge in [-0.25, -0.2) is 9.59 Å². The zero-order chi connectivity index (χ0) is 22.4. The molecule has 0 saturated heterocycles. The highest BCUT2D eigenvalue weighted by molar-refractivity contribution is 6.46. The van der Waals surface area contributed by atoms with Crippen LogP contribution in [0, 0.1) is 0 Å². The van der Waals surface area contributed by atoms with E-state index in [-0.39, 0.29) is 17.5 Å². The van der Waals surface area contributed by atoms with Gasteiger partial charge >= 0.3 is 21.0 Å². The van der Waals surface area contributed by atoms with Crippen molar-refractivity contribution >= 4 is 21.0 Å². The SMILES string of the molecule is CCCOC(=O)c1ccc(O)cc1.COC(=O)c1ccc(O)cc1.O[Si](O)(O)O. The van der Waals surface area contributed by atoms with Crippen LogP contribution >= 0.6 is 0 Å². The van der Waals surface area contributed by atoms with Crippen molar-refractivity contribution < 1.29 is 48.5 Å². The van der Waals surface area contributed by atoms with Crippen molar-refractivity contribution in [2.24, 2.45) is 0 Å². The number of phenolic OH excluding ortho intramolecular Hbond substituents is 2. The zero-order valence-electron chi connectivity index (χ0n) is 15.8. The fraction of sp³-hybridized carbons (Fsp3) is 0.222. The van der Waals surface area contributed by atoms with Crippen LogP contribution in [0.15, 0.2) is 48.5 Å². The highest BCUT2D eigenvalue weighted by Gasteiger charge is 2.22. The number of esters is 2. The molecule has 0 amide bonds. The van der Waals surface area contributed by atoms with Gasteiger partial charge in [0.2, 0.25) is 0 Å². The number of carbonyl (C=O) groups excluding carboxylic acids is 2. The van der Waals surface area contributed by atoms with Crippen molar-refractivity contribution in [3.63, 3.8) is 0 Å². The highest BCUT2D eigenvalue weighted by Crippen LogP contribution is 2.11. The van der Waals surface area contributed by atoms with Gasteiger partial charge in [-0.05, 0) is 55.0 Å². The molecule has 0 unspecified atom stereocenters. The molecular weight excluding hydrogens is 404 g/mol. The third-order valence-corrected chi connectivity index (χ3v) is 2.83. The van der Waals surface area contributed by atoms with E-state index in [0.29, 0.717) is 17.7 Å². The summed E-state index contributed by atoms with van der Waals surface area (Å²) in [7, 11) is -3.30. The molecule has 11 heteroatoms. The first kappa shape index (κ1) is 26.0. The Kier molecular flexibility index (Phi) is 11.9. The van der Waals surface area contributed by atoms with E-state index in [1.807, 2.05) is 6.92 Å². The van der Waals surface area contributed by atoms with E-state index in [2.05, 4.69) is 4.74 Å². The number of aromatic hydroxyl groups is 2. The smallest absolute Gasteiger partial charge is 0.508 e. The van der Waals surface area contributed by atoms with Gasteiger partial charge in [0.15, 0.2) is 0 Å². The summed E-state index contributed by atoms with van der Waals surface area (Å²) >= 11 is 0. The van der Waals surface area contributed by atoms with Crippen molar-refractivity contribution in [2.45, 2.75) is 13.3 Å². The van der Waals surface area contributed by atoms with Crippen LogP contribution in [-0.2, 0) is 9.47 Å². The van der Waals surface area contributed by atoms with Crippen LogP contribution in [-0.4, -0.2) is 64.1 Å². The lowest BCUT2D eigenvalue weighted by molar-refractivity contribution is 0.0504. The number of phenols is 2. The molecule has 2 aromatic rings. The molecule has 0 saturated carbocycles. The van der Waals surface area contributed by atoms with Gasteiger partial charge in [0.25, 0.3) is 0 Å². The van der Waals surface area contributed by atoms with E-state index in [4.69, 9.17) is 34.1 Å². The second kappa shape index (κ2) is 13.3. The summed E-state index contributed by atoms with van der Waals surface area (Å²) in [6.07, 6.45) is 0.809. The summed E-state index contributed by atoms with van der Waals surface area (Å²) in [6.45, 7) is 2.36. The molecule has 0 fully saturated rings. The van der Waals surface area contributed by atoms with Crippen LogP contribution in [0.4, 0.5) is 0 Å². The number of carbonyl (C=O) groups is 2. The largest absolute Gasteiger partial charge is 0.668 e. The molecule has 0 aliphatic carbocycles. The molecular formula is C18H24O10Si. The predicted molar refractivity (Wildman–Crippen MR) is 103 cm³/mol. The van der Waals surface area contributed by atoms with Gasteiger partial charge in [0.05, 0.1) is 24.8 Å². The lowest BCUT2D eigenvalue weighted by atomic mass is 10.2. The number of ether oxygens (including phenoxy) is 2.